The Morgan fingerprint density at radius 1 is 1.00 bits per heavy atom. The lowest BCUT2D eigenvalue weighted by Gasteiger charge is -2.25. The molecule has 0 aliphatic heterocycles. The van der Waals surface area contributed by atoms with E-state index < -0.39 is 5.41 Å². The summed E-state index contributed by atoms with van der Waals surface area (Å²) in [6.07, 6.45) is 5.19. The molecule has 4 heteroatoms. The van der Waals surface area contributed by atoms with Gasteiger partial charge in [0.15, 0.2) is 0 Å². The third-order valence-corrected chi connectivity index (χ3v) is 6.09. The number of ether oxygens (including phenoxy) is 1. The zero-order chi connectivity index (χ0) is 21.7. The highest BCUT2D eigenvalue weighted by Crippen LogP contribution is 2.39. The molecule has 0 spiro atoms. The van der Waals surface area contributed by atoms with E-state index in [1.165, 1.54) is 7.11 Å². The molecule has 0 fully saturated rings. The second-order valence-electron chi connectivity index (χ2n) is 7.79. The average molecular weight is 474 g/mol. The van der Waals surface area contributed by atoms with Crippen LogP contribution in [0, 0.1) is 5.41 Å². The predicted octanol–water partition coefficient (Wildman–Crippen LogP) is 6.02. The number of halogens is 1. The van der Waals surface area contributed by atoms with Gasteiger partial charge in [-0.25, -0.2) is 0 Å². The summed E-state index contributed by atoms with van der Waals surface area (Å²) in [5, 5.41) is 0. The zero-order valence-corrected chi connectivity index (χ0v) is 19.0. The number of nitrogens with zero attached hydrogens (tertiary/aromatic N) is 1. The van der Waals surface area contributed by atoms with E-state index in [0.29, 0.717) is 12.8 Å². The summed E-state index contributed by atoms with van der Waals surface area (Å²) in [6, 6.07) is 28.3. The molecule has 3 nitrogen and oxygen atoms in total. The number of methoxy groups -OCH3 is 1. The standard InChI is InChI=1S/C27H24BrNO2/c1-31-26(30)27(18-20-9-8-14-23(28)17-20)16-15-24(19-27)29-25(21-10-4-2-5-11-21)22-12-6-3-7-13-22/h2-17,24H,18-19H2,1H3/t24-,27+/m0/s1. The summed E-state index contributed by atoms with van der Waals surface area (Å²) in [5.41, 5.74) is 3.41. The molecule has 1 aliphatic carbocycles. The number of hydrogen-bond acceptors (Lipinski definition) is 3. The van der Waals surface area contributed by atoms with Crippen LogP contribution >= 0.6 is 15.9 Å². The molecule has 0 saturated carbocycles. The number of benzene rings is 3. The molecule has 0 radical (unpaired) electrons. The minimum absolute atomic E-state index is 0.110. The monoisotopic (exact) mass is 473 g/mol. The molecule has 0 saturated heterocycles. The molecule has 0 amide bonds. The van der Waals surface area contributed by atoms with E-state index in [4.69, 9.17) is 9.73 Å². The second-order valence-corrected chi connectivity index (χ2v) is 8.71. The van der Waals surface area contributed by atoms with Gasteiger partial charge in [-0.2, -0.15) is 0 Å². The first kappa shape index (κ1) is 21.3. The Hall–Kier alpha value is -2.98. The van der Waals surface area contributed by atoms with Crippen LogP contribution in [0.15, 0.2) is 107 Å². The van der Waals surface area contributed by atoms with Crippen molar-refractivity contribution in [1.82, 2.24) is 0 Å². The van der Waals surface area contributed by atoms with E-state index in [-0.39, 0.29) is 12.0 Å². The lowest BCUT2D eigenvalue weighted by Crippen LogP contribution is -2.32. The van der Waals surface area contributed by atoms with Crippen LogP contribution < -0.4 is 0 Å². The van der Waals surface area contributed by atoms with Crippen molar-refractivity contribution in [3.05, 3.63) is 118 Å². The van der Waals surface area contributed by atoms with Gasteiger partial charge in [-0.15, -0.1) is 0 Å². The topological polar surface area (TPSA) is 38.7 Å². The summed E-state index contributed by atoms with van der Waals surface area (Å²) < 4.78 is 6.21. The molecule has 156 valence electrons. The predicted molar refractivity (Wildman–Crippen MR) is 128 cm³/mol. The lowest BCUT2D eigenvalue weighted by atomic mass is 9.80. The highest BCUT2D eigenvalue weighted by atomic mass is 79.9. The fourth-order valence-electron chi connectivity index (χ4n) is 4.14. The van der Waals surface area contributed by atoms with Gasteiger partial charge in [0.1, 0.15) is 0 Å². The molecule has 1 aliphatic rings. The first-order valence-electron chi connectivity index (χ1n) is 10.3. The zero-order valence-electron chi connectivity index (χ0n) is 17.4. The van der Waals surface area contributed by atoms with Gasteiger partial charge in [0.2, 0.25) is 0 Å². The molecule has 31 heavy (non-hydrogen) atoms. The van der Waals surface area contributed by atoms with E-state index in [1.807, 2.05) is 66.7 Å². The summed E-state index contributed by atoms with van der Waals surface area (Å²) in [5.74, 6) is -0.220. The van der Waals surface area contributed by atoms with Crippen molar-refractivity contribution in [1.29, 1.82) is 0 Å². The van der Waals surface area contributed by atoms with Crippen LogP contribution in [0.1, 0.15) is 23.1 Å². The van der Waals surface area contributed by atoms with Crippen molar-refractivity contribution in [3.8, 4) is 0 Å². The van der Waals surface area contributed by atoms with E-state index in [9.17, 15) is 4.79 Å². The fourth-order valence-corrected chi connectivity index (χ4v) is 4.58. The average Bonchev–Trinajstić information content (AvgIpc) is 3.21. The maximum Gasteiger partial charge on any atom is 0.316 e. The Morgan fingerprint density at radius 2 is 1.65 bits per heavy atom. The highest BCUT2D eigenvalue weighted by Gasteiger charge is 2.42. The molecule has 0 N–H and O–H groups in total. The Kier molecular flexibility index (Phi) is 6.47. The summed E-state index contributed by atoms with van der Waals surface area (Å²) in [4.78, 5) is 18.0. The molecule has 0 bridgehead atoms. The Bertz CT molecular complexity index is 1070. The van der Waals surface area contributed by atoms with E-state index in [0.717, 1.165) is 26.9 Å². The van der Waals surface area contributed by atoms with Gasteiger partial charge in [0.25, 0.3) is 0 Å². The first-order valence-corrected chi connectivity index (χ1v) is 11.1. The lowest BCUT2D eigenvalue weighted by molar-refractivity contribution is -0.149. The number of carbonyl (C=O) groups is 1. The molecule has 3 aromatic rings. The van der Waals surface area contributed by atoms with Gasteiger partial charge >= 0.3 is 5.97 Å². The summed E-state index contributed by atoms with van der Waals surface area (Å²) in [7, 11) is 1.45. The van der Waals surface area contributed by atoms with Crippen LogP contribution in [-0.4, -0.2) is 24.8 Å². The van der Waals surface area contributed by atoms with Gasteiger partial charge in [-0.3, -0.25) is 9.79 Å². The molecule has 4 rings (SSSR count). The summed E-state index contributed by atoms with van der Waals surface area (Å²) in [6.45, 7) is 0. The molecule has 0 heterocycles. The normalized spacial score (nSPS) is 19.7. The fraction of sp³-hybridized carbons (Fsp3) is 0.185. The smallest absolute Gasteiger partial charge is 0.316 e. The molecular weight excluding hydrogens is 450 g/mol. The van der Waals surface area contributed by atoms with Crippen molar-refractivity contribution in [2.45, 2.75) is 18.9 Å². The Morgan fingerprint density at radius 3 is 2.23 bits per heavy atom. The van der Waals surface area contributed by atoms with Gasteiger partial charge in [0.05, 0.1) is 24.3 Å². The molecule has 0 unspecified atom stereocenters. The first-order chi connectivity index (χ1) is 15.1. The van der Waals surface area contributed by atoms with Gasteiger partial charge in [-0.1, -0.05) is 101 Å². The van der Waals surface area contributed by atoms with Crippen LogP contribution in [0.2, 0.25) is 0 Å². The number of hydrogen-bond donors (Lipinski definition) is 0. The van der Waals surface area contributed by atoms with Crippen molar-refractivity contribution in [2.75, 3.05) is 7.11 Å². The third kappa shape index (κ3) is 4.86. The highest BCUT2D eigenvalue weighted by molar-refractivity contribution is 9.10. The van der Waals surface area contributed by atoms with Crippen molar-refractivity contribution in [3.63, 3.8) is 0 Å². The van der Waals surface area contributed by atoms with Gasteiger partial charge < -0.3 is 4.74 Å². The Labute approximate surface area is 191 Å². The maximum absolute atomic E-state index is 12.9. The quantitative estimate of drug-likeness (QED) is 0.249. The maximum atomic E-state index is 12.9. The molecule has 3 aromatic carbocycles. The third-order valence-electron chi connectivity index (χ3n) is 5.60. The second kappa shape index (κ2) is 9.44. The SMILES string of the molecule is COC(=O)[C@@]1(Cc2cccc(Br)c2)C=C[C@H](N=C(c2ccccc2)c2ccccc2)C1. The largest absolute Gasteiger partial charge is 0.468 e. The van der Waals surface area contributed by atoms with E-state index >= 15 is 0 Å². The van der Waals surface area contributed by atoms with Gasteiger partial charge in [0, 0.05) is 15.6 Å². The van der Waals surface area contributed by atoms with Crippen LogP contribution in [-0.2, 0) is 16.0 Å². The van der Waals surface area contributed by atoms with Crippen LogP contribution in [0.25, 0.3) is 0 Å². The number of esters is 1. The number of aliphatic imine (C=N–C) groups is 1. The van der Waals surface area contributed by atoms with Crippen LogP contribution in [0.3, 0.4) is 0 Å². The van der Waals surface area contributed by atoms with Gasteiger partial charge in [-0.05, 0) is 30.5 Å². The molecule has 0 aromatic heterocycles. The summed E-state index contributed by atoms with van der Waals surface area (Å²) >= 11 is 3.52. The van der Waals surface area contributed by atoms with Crippen molar-refractivity contribution in [2.24, 2.45) is 10.4 Å². The van der Waals surface area contributed by atoms with Crippen molar-refractivity contribution >= 4 is 27.6 Å². The molecule has 2 atom stereocenters. The minimum atomic E-state index is -0.720. The van der Waals surface area contributed by atoms with Crippen LogP contribution in [0.5, 0.6) is 0 Å². The number of rotatable bonds is 6. The van der Waals surface area contributed by atoms with E-state index in [1.54, 1.807) is 0 Å². The van der Waals surface area contributed by atoms with Crippen molar-refractivity contribution < 1.29 is 9.53 Å². The minimum Gasteiger partial charge on any atom is -0.468 e. The molecular formula is C27H24BrNO2. The number of carbonyl (C=O) groups excluding carboxylic acids is 1. The van der Waals surface area contributed by atoms with E-state index in [2.05, 4.69) is 46.3 Å². The Balaban J connectivity index is 1.67. The van der Waals surface area contributed by atoms with Crippen LogP contribution in [0.4, 0.5) is 0 Å².